The maximum atomic E-state index is 12.7. The minimum absolute atomic E-state index is 0.000843. The molecule has 2 aromatic carbocycles. The van der Waals surface area contributed by atoms with Gasteiger partial charge in [0.1, 0.15) is 5.69 Å². The number of non-ortho nitro benzene ring substituents is 1. The lowest BCUT2D eigenvalue weighted by atomic mass is 10.2. The minimum Gasteiger partial charge on any atom is -0.379 e. The van der Waals surface area contributed by atoms with Crippen molar-refractivity contribution in [2.24, 2.45) is 5.10 Å². The number of nitro benzene ring substituents is 2. The quantitative estimate of drug-likeness (QED) is 0.393. The first-order valence-electron chi connectivity index (χ1n) is 8.69. The van der Waals surface area contributed by atoms with Gasteiger partial charge in [0.15, 0.2) is 0 Å². The van der Waals surface area contributed by atoms with E-state index in [0.29, 0.717) is 5.56 Å². The molecule has 0 unspecified atom stereocenters. The van der Waals surface area contributed by atoms with Crippen LogP contribution in [0.3, 0.4) is 0 Å². The Labute approximate surface area is 171 Å². The van der Waals surface area contributed by atoms with Crippen LogP contribution >= 0.6 is 0 Å². The van der Waals surface area contributed by atoms with E-state index in [0.717, 1.165) is 6.07 Å². The lowest BCUT2D eigenvalue weighted by Crippen LogP contribution is -2.40. The van der Waals surface area contributed by atoms with Gasteiger partial charge in [0.05, 0.1) is 34.2 Å². The molecule has 1 aliphatic rings. The van der Waals surface area contributed by atoms with Crippen molar-refractivity contribution in [3.05, 3.63) is 68.3 Å². The van der Waals surface area contributed by atoms with Gasteiger partial charge < -0.3 is 4.74 Å². The van der Waals surface area contributed by atoms with Gasteiger partial charge in [-0.25, -0.2) is 8.42 Å². The summed E-state index contributed by atoms with van der Waals surface area (Å²) in [6.45, 7) is 0.877. The third-order valence-corrected chi connectivity index (χ3v) is 6.17. The zero-order valence-corrected chi connectivity index (χ0v) is 16.3. The third kappa shape index (κ3) is 4.76. The number of nitro groups is 2. The lowest BCUT2D eigenvalue weighted by molar-refractivity contribution is -0.384. The van der Waals surface area contributed by atoms with E-state index in [1.807, 2.05) is 0 Å². The van der Waals surface area contributed by atoms with Gasteiger partial charge in [0.25, 0.3) is 11.4 Å². The smallest absolute Gasteiger partial charge is 0.295 e. The highest BCUT2D eigenvalue weighted by Crippen LogP contribution is 2.29. The van der Waals surface area contributed by atoms with Crippen molar-refractivity contribution >= 4 is 33.3 Å². The van der Waals surface area contributed by atoms with Gasteiger partial charge in [-0.15, -0.1) is 0 Å². The number of hydrogen-bond acceptors (Lipinski definition) is 9. The molecule has 30 heavy (non-hydrogen) atoms. The number of hydrogen-bond donors (Lipinski definition) is 1. The summed E-state index contributed by atoms with van der Waals surface area (Å²) in [5, 5.41) is 26.0. The molecule has 12 nitrogen and oxygen atoms in total. The van der Waals surface area contributed by atoms with Crippen molar-refractivity contribution in [3.8, 4) is 0 Å². The van der Waals surface area contributed by atoms with Gasteiger partial charge in [-0.05, 0) is 29.8 Å². The zero-order chi connectivity index (χ0) is 21.7. The van der Waals surface area contributed by atoms with E-state index in [9.17, 15) is 28.6 Å². The first kappa shape index (κ1) is 21.3. The van der Waals surface area contributed by atoms with Crippen molar-refractivity contribution in [2.45, 2.75) is 4.90 Å². The van der Waals surface area contributed by atoms with E-state index in [4.69, 9.17) is 4.74 Å². The molecule has 0 aliphatic carbocycles. The van der Waals surface area contributed by atoms with E-state index >= 15 is 0 Å². The van der Waals surface area contributed by atoms with E-state index in [1.54, 1.807) is 0 Å². The first-order valence-corrected chi connectivity index (χ1v) is 10.1. The third-order valence-electron chi connectivity index (χ3n) is 4.28. The molecule has 1 heterocycles. The second-order valence-corrected chi connectivity index (χ2v) is 8.11. The van der Waals surface area contributed by atoms with Crippen LogP contribution in [0.2, 0.25) is 0 Å². The van der Waals surface area contributed by atoms with Crippen LogP contribution in [0, 0.1) is 20.2 Å². The molecule has 0 aromatic heterocycles. The average Bonchev–Trinajstić information content (AvgIpc) is 2.74. The number of benzene rings is 2. The molecule has 1 fully saturated rings. The molecule has 1 saturated heterocycles. The maximum Gasteiger partial charge on any atom is 0.295 e. The van der Waals surface area contributed by atoms with Crippen molar-refractivity contribution in [1.29, 1.82) is 0 Å². The number of rotatable bonds is 7. The Balaban J connectivity index is 1.80. The Morgan fingerprint density at radius 2 is 1.70 bits per heavy atom. The summed E-state index contributed by atoms with van der Waals surface area (Å²) in [6, 6.07) is 9.05. The van der Waals surface area contributed by atoms with E-state index in [2.05, 4.69) is 10.5 Å². The Hall–Kier alpha value is -3.42. The van der Waals surface area contributed by atoms with Crippen LogP contribution in [0.1, 0.15) is 5.56 Å². The van der Waals surface area contributed by atoms with Crippen LogP contribution in [0.4, 0.5) is 17.1 Å². The van der Waals surface area contributed by atoms with Crippen LogP contribution in [0.25, 0.3) is 0 Å². The summed E-state index contributed by atoms with van der Waals surface area (Å²) < 4.78 is 31.8. The fourth-order valence-electron chi connectivity index (χ4n) is 2.71. The SMILES string of the molecule is O=[N+]([O-])c1ccc(C=NNc2ccc(S(=O)(=O)N3CCOCC3)cc2[N+](=O)[O-])cc1. The number of sulfonamides is 1. The van der Waals surface area contributed by atoms with Crippen LogP contribution in [0.15, 0.2) is 52.5 Å². The molecule has 158 valence electrons. The summed E-state index contributed by atoms with van der Waals surface area (Å²) in [5.74, 6) is 0. The minimum atomic E-state index is -3.88. The molecule has 0 spiro atoms. The molecular weight excluding hydrogens is 418 g/mol. The van der Waals surface area contributed by atoms with Gasteiger partial charge in [0, 0.05) is 31.3 Å². The molecule has 0 atom stereocenters. The Bertz CT molecular complexity index is 1080. The number of anilines is 1. The lowest BCUT2D eigenvalue weighted by Gasteiger charge is -2.26. The summed E-state index contributed by atoms with van der Waals surface area (Å²) in [6.07, 6.45) is 1.33. The van der Waals surface area contributed by atoms with Crippen LogP contribution < -0.4 is 5.43 Å². The second-order valence-electron chi connectivity index (χ2n) is 6.17. The van der Waals surface area contributed by atoms with Gasteiger partial charge in [0.2, 0.25) is 10.0 Å². The zero-order valence-electron chi connectivity index (χ0n) is 15.5. The highest BCUT2D eigenvalue weighted by Gasteiger charge is 2.28. The summed E-state index contributed by atoms with van der Waals surface area (Å²) in [4.78, 5) is 20.7. The average molecular weight is 435 g/mol. The van der Waals surface area contributed by atoms with Gasteiger partial charge in [-0.2, -0.15) is 9.41 Å². The highest BCUT2D eigenvalue weighted by atomic mass is 32.2. The molecule has 0 saturated carbocycles. The number of hydrazone groups is 1. The van der Waals surface area contributed by atoms with Crippen LogP contribution in [-0.4, -0.2) is 55.1 Å². The van der Waals surface area contributed by atoms with E-state index in [-0.39, 0.29) is 42.6 Å². The molecule has 1 aliphatic heterocycles. The van der Waals surface area contributed by atoms with Gasteiger partial charge in [-0.1, -0.05) is 0 Å². The second kappa shape index (κ2) is 8.94. The predicted octanol–water partition coefficient (Wildman–Crippen LogP) is 1.97. The fourth-order valence-corrected chi connectivity index (χ4v) is 4.14. The first-order chi connectivity index (χ1) is 14.3. The topological polar surface area (TPSA) is 157 Å². The predicted molar refractivity (Wildman–Crippen MR) is 107 cm³/mol. The summed E-state index contributed by atoms with van der Waals surface area (Å²) >= 11 is 0. The number of morpholine rings is 1. The Kier molecular flexibility index (Phi) is 6.34. The molecule has 0 bridgehead atoms. The van der Waals surface area contributed by atoms with Crippen molar-refractivity contribution < 1.29 is 23.0 Å². The fraction of sp³-hybridized carbons (Fsp3) is 0.235. The highest BCUT2D eigenvalue weighted by molar-refractivity contribution is 7.89. The van der Waals surface area contributed by atoms with Crippen molar-refractivity contribution in [1.82, 2.24) is 4.31 Å². The van der Waals surface area contributed by atoms with Crippen LogP contribution in [-0.2, 0) is 14.8 Å². The standard InChI is InChI=1S/C17H17N5O7S/c23-21(24)14-3-1-13(2-4-14)12-18-19-16-6-5-15(11-17(16)22(25)26)30(27,28)20-7-9-29-10-8-20/h1-6,11-12,19H,7-10H2. The monoisotopic (exact) mass is 435 g/mol. The summed E-state index contributed by atoms with van der Waals surface area (Å²) in [5.41, 5.74) is 2.50. The molecule has 0 radical (unpaired) electrons. The van der Waals surface area contributed by atoms with Gasteiger partial charge in [-0.3, -0.25) is 25.7 Å². The number of ether oxygens (including phenoxy) is 1. The van der Waals surface area contributed by atoms with Gasteiger partial charge >= 0.3 is 0 Å². The Morgan fingerprint density at radius 1 is 1.03 bits per heavy atom. The van der Waals surface area contributed by atoms with E-state index in [1.165, 1.54) is 46.9 Å². The Morgan fingerprint density at radius 3 is 2.30 bits per heavy atom. The number of nitrogens with zero attached hydrogens (tertiary/aromatic N) is 4. The largest absolute Gasteiger partial charge is 0.379 e. The maximum absolute atomic E-state index is 12.7. The summed E-state index contributed by atoms with van der Waals surface area (Å²) in [7, 11) is -3.88. The molecular formula is C17H17N5O7S. The molecule has 1 N–H and O–H groups in total. The van der Waals surface area contributed by atoms with Crippen LogP contribution in [0.5, 0.6) is 0 Å². The normalized spacial score (nSPS) is 15.2. The molecule has 13 heteroatoms. The molecule has 3 rings (SSSR count). The number of nitrogens with one attached hydrogen (secondary N) is 1. The van der Waals surface area contributed by atoms with E-state index < -0.39 is 25.6 Å². The van der Waals surface area contributed by atoms with Crippen molar-refractivity contribution in [2.75, 3.05) is 31.7 Å². The molecule has 2 aromatic rings. The van der Waals surface area contributed by atoms with Crippen molar-refractivity contribution in [3.63, 3.8) is 0 Å². The molecule has 0 amide bonds.